The quantitative estimate of drug-likeness (QED) is 0.837. The van der Waals surface area contributed by atoms with Gasteiger partial charge < -0.3 is 14.8 Å². The van der Waals surface area contributed by atoms with E-state index in [1.165, 1.54) is 6.42 Å². The molecule has 0 aliphatic carbocycles. The predicted octanol–water partition coefficient (Wildman–Crippen LogP) is 3.45. The summed E-state index contributed by atoms with van der Waals surface area (Å²) in [5, 5.41) is 3.43. The molecule has 2 atom stereocenters. The maximum absolute atomic E-state index is 5.80. The topological polar surface area (TPSA) is 30.5 Å². The van der Waals surface area contributed by atoms with Gasteiger partial charge in [0.2, 0.25) is 0 Å². The van der Waals surface area contributed by atoms with Crippen LogP contribution in [-0.4, -0.2) is 25.4 Å². The van der Waals surface area contributed by atoms with Crippen LogP contribution in [-0.2, 0) is 4.74 Å². The maximum Gasteiger partial charge on any atom is 0.142 e. The summed E-state index contributed by atoms with van der Waals surface area (Å²) in [6, 6.07) is 8.10. The van der Waals surface area contributed by atoms with Gasteiger partial charge in [0.15, 0.2) is 0 Å². The SMILES string of the molecule is CCCOc1ccccc1NCC1CCC(C)O1. The van der Waals surface area contributed by atoms with Crippen LogP contribution in [0.15, 0.2) is 24.3 Å². The lowest BCUT2D eigenvalue weighted by Gasteiger charge is -2.16. The highest BCUT2D eigenvalue weighted by Gasteiger charge is 2.21. The van der Waals surface area contributed by atoms with Crippen molar-refractivity contribution in [2.24, 2.45) is 0 Å². The Morgan fingerprint density at radius 3 is 2.89 bits per heavy atom. The van der Waals surface area contributed by atoms with Gasteiger partial charge in [-0.2, -0.15) is 0 Å². The summed E-state index contributed by atoms with van der Waals surface area (Å²) in [4.78, 5) is 0. The van der Waals surface area contributed by atoms with Crippen molar-refractivity contribution in [2.75, 3.05) is 18.5 Å². The molecule has 1 aromatic rings. The lowest BCUT2D eigenvalue weighted by atomic mass is 10.2. The van der Waals surface area contributed by atoms with Crippen LogP contribution in [0, 0.1) is 0 Å². The average molecular weight is 249 g/mol. The predicted molar refractivity (Wildman–Crippen MR) is 74.3 cm³/mol. The van der Waals surface area contributed by atoms with E-state index >= 15 is 0 Å². The minimum absolute atomic E-state index is 0.333. The zero-order valence-electron chi connectivity index (χ0n) is 11.3. The molecular weight excluding hydrogens is 226 g/mol. The van der Waals surface area contributed by atoms with Gasteiger partial charge in [0.1, 0.15) is 5.75 Å². The van der Waals surface area contributed by atoms with E-state index in [1.54, 1.807) is 0 Å². The fraction of sp³-hybridized carbons (Fsp3) is 0.600. The van der Waals surface area contributed by atoms with Crippen LogP contribution in [0.5, 0.6) is 5.75 Å². The second-order valence-corrected chi connectivity index (χ2v) is 4.87. The molecule has 1 aliphatic rings. The van der Waals surface area contributed by atoms with E-state index in [4.69, 9.17) is 9.47 Å². The molecule has 0 bridgehead atoms. The average Bonchev–Trinajstić information content (AvgIpc) is 2.81. The fourth-order valence-electron chi connectivity index (χ4n) is 2.21. The monoisotopic (exact) mass is 249 g/mol. The van der Waals surface area contributed by atoms with Crippen molar-refractivity contribution in [1.82, 2.24) is 0 Å². The number of hydrogen-bond donors (Lipinski definition) is 1. The van der Waals surface area contributed by atoms with Crippen LogP contribution in [0.4, 0.5) is 5.69 Å². The van der Waals surface area contributed by atoms with E-state index < -0.39 is 0 Å². The van der Waals surface area contributed by atoms with Crippen molar-refractivity contribution in [3.05, 3.63) is 24.3 Å². The second kappa shape index (κ2) is 6.64. The summed E-state index contributed by atoms with van der Waals surface area (Å²) in [6.07, 6.45) is 4.08. The third kappa shape index (κ3) is 3.64. The van der Waals surface area contributed by atoms with Gasteiger partial charge in [-0.3, -0.25) is 0 Å². The van der Waals surface area contributed by atoms with Crippen molar-refractivity contribution in [2.45, 2.75) is 45.3 Å². The van der Waals surface area contributed by atoms with E-state index in [0.717, 1.165) is 37.4 Å². The zero-order valence-corrected chi connectivity index (χ0v) is 11.3. The Hall–Kier alpha value is -1.22. The van der Waals surface area contributed by atoms with E-state index in [2.05, 4.69) is 25.2 Å². The van der Waals surface area contributed by atoms with Gasteiger partial charge in [-0.25, -0.2) is 0 Å². The number of hydrogen-bond acceptors (Lipinski definition) is 3. The molecule has 1 heterocycles. The van der Waals surface area contributed by atoms with Gasteiger partial charge in [-0.1, -0.05) is 19.1 Å². The third-order valence-corrected chi connectivity index (χ3v) is 3.19. The lowest BCUT2D eigenvalue weighted by molar-refractivity contribution is 0.0636. The van der Waals surface area contributed by atoms with Gasteiger partial charge in [-0.05, 0) is 38.3 Å². The van der Waals surface area contributed by atoms with Crippen molar-refractivity contribution in [3.63, 3.8) is 0 Å². The Morgan fingerprint density at radius 2 is 2.17 bits per heavy atom. The first kappa shape index (κ1) is 13.2. The second-order valence-electron chi connectivity index (χ2n) is 4.87. The number of rotatable bonds is 6. The van der Waals surface area contributed by atoms with E-state index in [1.807, 2.05) is 18.2 Å². The molecule has 100 valence electrons. The van der Waals surface area contributed by atoms with Crippen LogP contribution >= 0.6 is 0 Å². The highest BCUT2D eigenvalue weighted by atomic mass is 16.5. The van der Waals surface area contributed by atoms with Crippen molar-refractivity contribution in [3.8, 4) is 5.75 Å². The number of nitrogens with one attached hydrogen (secondary N) is 1. The molecule has 2 rings (SSSR count). The normalized spacial score (nSPS) is 23.0. The van der Waals surface area contributed by atoms with Crippen molar-refractivity contribution in [1.29, 1.82) is 0 Å². The molecule has 1 saturated heterocycles. The summed E-state index contributed by atoms with van der Waals surface area (Å²) in [5.41, 5.74) is 1.06. The van der Waals surface area contributed by atoms with E-state index in [-0.39, 0.29) is 0 Å². The van der Waals surface area contributed by atoms with Crippen LogP contribution in [0.25, 0.3) is 0 Å². The summed E-state index contributed by atoms with van der Waals surface area (Å²) in [7, 11) is 0. The Bertz CT molecular complexity index is 367. The summed E-state index contributed by atoms with van der Waals surface area (Å²) < 4.78 is 11.5. The molecule has 0 saturated carbocycles. The van der Waals surface area contributed by atoms with Gasteiger partial charge >= 0.3 is 0 Å². The van der Waals surface area contributed by atoms with Gasteiger partial charge in [0.25, 0.3) is 0 Å². The van der Waals surface area contributed by atoms with Gasteiger partial charge in [0, 0.05) is 6.54 Å². The first-order chi connectivity index (χ1) is 8.79. The standard InChI is InChI=1S/C15H23NO2/c1-3-10-17-15-7-5-4-6-14(15)16-11-13-9-8-12(2)18-13/h4-7,12-13,16H,3,8-11H2,1-2H3. The first-order valence-corrected chi connectivity index (χ1v) is 6.90. The molecule has 18 heavy (non-hydrogen) atoms. The third-order valence-electron chi connectivity index (χ3n) is 3.19. The largest absolute Gasteiger partial charge is 0.491 e. The highest BCUT2D eigenvalue weighted by Crippen LogP contribution is 2.25. The first-order valence-electron chi connectivity index (χ1n) is 6.90. The van der Waals surface area contributed by atoms with E-state index in [9.17, 15) is 0 Å². The molecule has 0 radical (unpaired) electrons. The fourth-order valence-corrected chi connectivity index (χ4v) is 2.21. The Balaban J connectivity index is 1.88. The lowest BCUT2D eigenvalue weighted by Crippen LogP contribution is -2.20. The number of ether oxygens (including phenoxy) is 2. The van der Waals surface area contributed by atoms with Crippen LogP contribution < -0.4 is 10.1 Å². The molecule has 1 fully saturated rings. The van der Waals surface area contributed by atoms with Crippen molar-refractivity contribution >= 4 is 5.69 Å². The Labute approximate surface area is 109 Å². The minimum Gasteiger partial charge on any atom is -0.491 e. The van der Waals surface area contributed by atoms with Gasteiger partial charge in [0.05, 0.1) is 24.5 Å². The molecular formula is C15H23NO2. The molecule has 2 unspecified atom stereocenters. The maximum atomic E-state index is 5.80. The van der Waals surface area contributed by atoms with Crippen molar-refractivity contribution < 1.29 is 9.47 Å². The minimum atomic E-state index is 0.333. The summed E-state index contributed by atoms with van der Waals surface area (Å²) >= 11 is 0. The number of anilines is 1. The Kier molecular flexibility index (Phi) is 4.88. The molecule has 1 N–H and O–H groups in total. The van der Waals surface area contributed by atoms with Gasteiger partial charge in [-0.15, -0.1) is 0 Å². The number of benzene rings is 1. The molecule has 3 nitrogen and oxygen atoms in total. The van der Waals surface area contributed by atoms with E-state index in [0.29, 0.717) is 12.2 Å². The molecule has 0 amide bonds. The highest BCUT2D eigenvalue weighted by molar-refractivity contribution is 5.56. The van der Waals surface area contributed by atoms with Crippen LogP contribution in [0.3, 0.4) is 0 Å². The summed E-state index contributed by atoms with van der Waals surface area (Å²) in [5.74, 6) is 0.936. The molecule has 0 aromatic heterocycles. The zero-order chi connectivity index (χ0) is 12.8. The molecule has 0 spiro atoms. The van der Waals surface area contributed by atoms with Crippen LogP contribution in [0.2, 0.25) is 0 Å². The number of para-hydroxylation sites is 2. The summed E-state index contributed by atoms with van der Waals surface area (Å²) in [6.45, 7) is 5.87. The molecule has 3 heteroatoms. The van der Waals surface area contributed by atoms with Crippen LogP contribution in [0.1, 0.15) is 33.1 Å². The smallest absolute Gasteiger partial charge is 0.142 e. The molecule has 1 aromatic carbocycles. The Morgan fingerprint density at radius 1 is 1.33 bits per heavy atom. The molecule has 1 aliphatic heterocycles.